The lowest BCUT2D eigenvalue weighted by Crippen LogP contribution is -2.13. The van der Waals surface area contributed by atoms with Gasteiger partial charge in [-0.15, -0.1) is 0 Å². The number of rotatable bonds is 2. The largest absolute Gasteiger partial charge is 0.319 e. The smallest absolute Gasteiger partial charge is 0.255 e. The molecule has 0 aliphatic heterocycles. The lowest BCUT2D eigenvalue weighted by atomic mass is 10.1. The number of carbonyl (C=O) groups is 1. The molecule has 104 valence electrons. The molecular weight excluding hydrogens is 276 g/mol. The van der Waals surface area contributed by atoms with Gasteiger partial charge in [-0.3, -0.25) is 14.8 Å². The first-order valence-corrected chi connectivity index (χ1v) is 6.11. The van der Waals surface area contributed by atoms with E-state index >= 15 is 0 Å². The summed E-state index contributed by atoms with van der Waals surface area (Å²) in [6.45, 7) is 0. The Morgan fingerprint density at radius 3 is 2.48 bits per heavy atom. The van der Waals surface area contributed by atoms with Crippen LogP contribution in [0.25, 0.3) is 11.0 Å². The number of amides is 1. The summed E-state index contributed by atoms with van der Waals surface area (Å²) in [6.07, 6.45) is 3.07. The molecule has 0 radical (unpaired) electrons. The van der Waals surface area contributed by atoms with Crippen molar-refractivity contribution in [3.8, 4) is 0 Å². The molecule has 0 fully saturated rings. The van der Waals surface area contributed by atoms with E-state index in [-0.39, 0.29) is 5.69 Å². The van der Waals surface area contributed by atoms with E-state index < -0.39 is 17.5 Å². The number of aromatic nitrogens is 2. The monoisotopic (exact) mass is 285 g/mol. The van der Waals surface area contributed by atoms with Gasteiger partial charge in [0.25, 0.3) is 5.91 Å². The van der Waals surface area contributed by atoms with Crippen molar-refractivity contribution >= 4 is 22.6 Å². The lowest BCUT2D eigenvalue weighted by Gasteiger charge is -2.07. The average Bonchev–Trinajstić information content (AvgIpc) is 2.49. The van der Waals surface area contributed by atoms with Gasteiger partial charge in [-0.1, -0.05) is 0 Å². The third kappa shape index (κ3) is 2.69. The van der Waals surface area contributed by atoms with Crippen LogP contribution >= 0.6 is 0 Å². The fraction of sp³-hybridized carbons (Fsp3) is 0. The number of fused-ring (bicyclic) bond motifs is 1. The van der Waals surface area contributed by atoms with Crippen molar-refractivity contribution in [3.05, 3.63) is 66.0 Å². The molecule has 3 aromatic rings. The second kappa shape index (κ2) is 5.24. The normalized spacial score (nSPS) is 10.6. The van der Waals surface area contributed by atoms with Gasteiger partial charge in [-0.2, -0.15) is 0 Å². The molecule has 0 unspecified atom stereocenters. The highest BCUT2D eigenvalue weighted by Crippen LogP contribution is 2.17. The Balaban J connectivity index is 1.89. The van der Waals surface area contributed by atoms with Crippen LogP contribution in [-0.2, 0) is 0 Å². The van der Waals surface area contributed by atoms with E-state index in [9.17, 15) is 13.6 Å². The number of nitrogens with one attached hydrogen (secondary N) is 1. The van der Waals surface area contributed by atoms with E-state index in [2.05, 4.69) is 15.3 Å². The molecule has 0 saturated carbocycles. The van der Waals surface area contributed by atoms with Crippen LogP contribution in [0.2, 0.25) is 0 Å². The zero-order valence-corrected chi connectivity index (χ0v) is 10.7. The Morgan fingerprint density at radius 2 is 1.71 bits per heavy atom. The molecule has 3 rings (SSSR count). The van der Waals surface area contributed by atoms with E-state index in [4.69, 9.17) is 0 Å². The zero-order valence-electron chi connectivity index (χ0n) is 10.7. The van der Waals surface area contributed by atoms with E-state index in [1.165, 1.54) is 12.3 Å². The fourth-order valence-corrected chi connectivity index (χ4v) is 1.89. The van der Waals surface area contributed by atoms with Gasteiger partial charge in [-0.05, 0) is 30.3 Å². The Labute approximate surface area is 118 Å². The van der Waals surface area contributed by atoms with Crippen molar-refractivity contribution in [2.24, 2.45) is 0 Å². The Morgan fingerprint density at radius 1 is 0.952 bits per heavy atom. The number of anilines is 1. The topological polar surface area (TPSA) is 54.9 Å². The van der Waals surface area contributed by atoms with Crippen molar-refractivity contribution in [3.63, 3.8) is 0 Å². The average molecular weight is 285 g/mol. The van der Waals surface area contributed by atoms with Crippen molar-refractivity contribution in [2.45, 2.75) is 0 Å². The van der Waals surface area contributed by atoms with Crippen LogP contribution in [0.4, 0.5) is 14.5 Å². The highest BCUT2D eigenvalue weighted by atomic mass is 19.1. The first kappa shape index (κ1) is 13.1. The zero-order chi connectivity index (χ0) is 14.8. The van der Waals surface area contributed by atoms with Gasteiger partial charge in [-0.25, -0.2) is 8.78 Å². The van der Waals surface area contributed by atoms with Crippen LogP contribution in [0.1, 0.15) is 10.4 Å². The van der Waals surface area contributed by atoms with Gasteiger partial charge in [0.15, 0.2) is 0 Å². The molecule has 1 N–H and O–H groups in total. The molecular formula is C15H9F2N3O. The summed E-state index contributed by atoms with van der Waals surface area (Å²) in [4.78, 5) is 20.3. The number of nitrogens with zero attached hydrogens (tertiary/aromatic N) is 2. The molecule has 1 heterocycles. The lowest BCUT2D eigenvalue weighted by molar-refractivity contribution is 0.102. The summed E-state index contributed by atoms with van der Waals surface area (Å²) in [5.74, 6) is -2.04. The Bertz CT molecular complexity index is 836. The minimum Gasteiger partial charge on any atom is -0.319 e. The SMILES string of the molecule is O=C(Nc1ccc(F)cc1F)c1ccc2nccnc2c1. The van der Waals surface area contributed by atoms with E-state index in [0.29, 0.717) is 22.7 Å². The molecule has 21 heavy (non-hydrogen) atoms. The number of hydrogen-bond donors (Lipinski definition) is 1. The van der Waals surface area contributed by atoms with Crippen molar-refractivity contribution in [1.82, 2.24) is 9.97 Å². The second-order valence-electron chi connectivity index (χ2n) is 4.34. The maximum atomic E-state index is 13.5. The molecule has 0 bridgehead atoms. The van der Waals surface area contributed by atoms with Crippen molar-refractivity contribution in [2.75, 3.05) is 5.32 Å². The quantitative estimate of drug-likeness (QED) is 0.787. The molecule has 0 aliphatic rings. The number of hydrogen-bond acceptors (Lipinski definition) is 3. The highest BCUT2D eigenvalue weighted by Gasteiger charge is 2.11. The van der Waals surface area contributed by atoms with Crippen LogP contribution in [-0.4, -0.2) is 15.9 Å². The van der Waals surface area contributed by atoms with Crippen LogP contribution < -0.4 is 5.32 Å². The summed E-state index contributed by atoms with van der Waals surface area (Å²) in [5.41, 5.74) is 1.44. The molecule has 6 heteroatoms. The number of carbonyl (C=O) groups excluding carboxylic acids is 1. The van der Waals surface area contributed by atoms with Gasteiger partial charge in [0, 0.05) is 24.0 Å². The van der Waals surface area contributed by atoms with Crippen molar-refractivity contribution in [1.29, 1.82) is 0 Å². The van der Waals surface area contributed by atoms with Gasteiger partial charge in [0.1, 0.15) is 11.6 Å². The molecule has 1 amide bonds. The minimum atomic E-state index is -0.830. The van der Waals surface area contributed by atoms with E-state index in [1.807, 2.05) is 0 Å². The molecule has 4 nitrogen and oxygen atoms in total. The van der Waals surface area contributed by atoms with E-state index in [1.54, 1.807) is 24.4 Å². The standard InChI is InChI=1S/C15H9F2N3O/c16-10-2-4-12(11(17)8-10)20-15(21)9-1-3-13-14(7-9)19-6-5-18-13/h1-8H,(H,20,21). The van der Waals surface area contributed by atoms with Gasteiger partial charge < -0.3 is 5.32 Å². The predicted octanol–water partition coefficient (Wildman–Crippen LogP) is 3.16. The molecule has 0 saturated heterocycles. The minimum absolute atomic E-state index is 0.0827. The summed E-state index contributed by atoms with van der Waals surface area (Å²) in [5, 5.41) is 2.39. The first-order chi connectivity index (χ1) is 10.1. The van der Waals surface area contributed by atoms with Gasteiger partial charge in [0.05, 0.1) is 16.7 Å². The number of halogens is 2. The van der Waals surface area contributed by atoms with Crippen LogP contribution in [0.5, 0.6) is 0 Å². The van der Waals surface area contributed by atoms with Crippen LogP contribution in [0.3, 0.4) is 0 Å². The Hall–Kier alpha value is -2.89. The summed E-state index contributed by atoms with van der Waals surface area (Å²) < 4.78 is 26.3. The molecule has 0 spiro atoms. The number of benzene rings is 2. The third-order valence-corrected chi connectivity index (χ3v) is 2.91. The third-order valence-electron chi connectivity index (χ3n) is 2.91. The second-order valence-corrected chi connectivity index (χ2v) is 4.34. The molecule has 0 atom stereocenters. The predicted molar refractivity (Wildman–Crippen MR) is 73.8 cm³/mol. The maximum absolute atomic E-state index is 13.5. The molecule has 1 aromatic heterocycles. The van der Waals surface area contributed by atoms with E-state index in [0.717, 1.165) is 6.07 Å². The molecule has 2 aromatic carbocycles. The first-order valence-electron chi connectivity index (χ1n) is 6.11. The Kier molecular flexibility index (Phi) is 3.27. The van der Waals surface area contributed by atoms with Crippen LogP contribution in [0.15, 0.2) is 48.8 Å². The highest BCUT2D eigenvalue weighted by molar-refractivity contribution is 6.05. The summed E-state index contributed by atoms with van der Waals surface area (Å²) in [7, 11) is 0. The summed E-state index contributed by atoms with van der Waals surface area (Å²) >= 11 is 0. The van der Waals surface area contributed by atoms with Gasteiger partial charge >= 0.3 is 0 Å². The van der Waals surface area contributed by atoms with Crippen molar-refractivity contribution < 1.29 is 13.6 Å². The van der Waals surface area contributed by atoms with Crippen LogP contribution in [0, 0.1) is 11.6 Å². The fourth-order valence-electron chi connectivity index (χ4n) is 1.89. The van der Waals surface area contributed by atoms with Gasteiger partial charge in [0.2, 0.25) is 0 Å². The molecule has 0 aliphatic carbocycles. The maximum Gasteiger partial charge on any atom is 0.255 e. The summed E-state index contributed by atoms with van der Waals surface area (Å²) in [6, 6.07) is 7.72.